The Bertz CT molecular complexity index is 449. The van der Waals surface area contributed by atoms with E-state index in [2.05, 4.69) is 16.1 Å². The number of hydrogen-bond acceptors (Lipinski definition) is 8. The van der Waals surface area contributed by atoms with Crippen molar-refractivity contribution in [3.05, 3.63) is 0 Å². The zero-order valence-electron chi connectivity index (χ0n) is 14.3. The van der Waals surface area contributed by atoms with Gasteiger partial charge < -0.3 is 37.4 Å². The van der Waals surface area contributed by atoms with Crippen molar-refractivity contribution < 1.29 is 29.7 Å². The van der Waals surface area contributed by atoms with Gasteiger partial charge in [-0.15, -0.1) is 0 Å². The fraction of sp³-hybridized carbons (Fsp3) is 0.769. The van der Waals surface area contributed by atoms with Crippen molar-refractivity contribution in [2.45, 2.75) is 37.6 Å². The molecule has 4 atom stereocenters. The molecule has 0 saturated carbocycles. The monoisotopic (exact) mass is 364 g/mol. The van der Waals surface area contributed by atoms with Gasteiger partial charge >= 0.3 is 12.0 Å². The van der Waals surface area contributed by atoms with Crippen LogP contribution in [-0.2, 0) is 9.59 Å². The predicted molar refractivity (Wildman–Crippen MR) is 88.1 cm³/mol. The molecule has 0 aromatic carbocycles. The number of hydrogen-bond donors (Lipinski definition) is 8. The SMILES string of the molecule is CC(O)C(N)CNN(C)CC(CC(N)=O)NC(=O)NC(CO)C(=O)O. The van der Waals surface area contributed by atoms with E-state index in [1.165, 1.54) is 0 Å². The summed E-state index contributed by atoms with van der Waals surface area (Å²) in [6, 6.07) is -3.55. The predicted octanol–water partition coefficient (Wildman–Crippen LogP) is -3.88. The number of carboxylic acid groups (broad SMARTS) is 1. The first-order chi connectivity index (χ1) is 11.6. The first kappa shape index (κ1) is 23.0. The van der Waals surface area contributed by atoms with E-state index in [4.69, 9.17) is 21.7 Å². The molecule has 0 heterocycles. The van der Waals surface area contributed by atoms with Crippen LogP contribution in [0.5, 0.6) is 0 Å². The number of amides is 3. The summed E-state index contributed by atoms with van der Waals surface area (Å²) in [5.41, 5.74) is 13.7. The maximum atomic E-state index is 11.8. The zero-order valence-corrected chi connectivity index (χ0v) is 14.3. The Hall–Kier alpha value is -1.99. The minimum absolute atomic E-state index is 0.153. The molecule has 0 bridgehead atoms. The Morgan fingerprint density at radius 1 is 1.24 bits per heavy atom. The highest BCUT2D eigenvalue weighted by atomic mass is 16.4. The molecule has 0 radical (unpaired) electrons. The largest absolute Gasteiger partial charge is 0.480 e. The van der Waals surface area contributed by atoms with Gasteiger partial charge in [-0.05, 0) is 6.92 Å². The van der Waals surface area contributed by atoms with Crippen molar-refractivity contribution in [1.29, 1.82) is 0 Å². The van der Waals surface area contributed by atoms with Gasteiger partial charge in [0.25, 0.3) is 0 Å². The lowest BCUT2D eigenvalue weighted by atomic mass is 10.2. The van der Waals surface area contributed by atoms with E-state index in [0.717, 1.165) is 0 Å². The minimum atomic E-state index is -1.46. The van der Waals surface area contributed by atoms with Crippen molar-refractivity contribution in [2.75, 3.05) is 26.7 Å². The van der Waals surface area contributed by atoms with Crippen LogP contribution in [0.15, 0.2) is 0 Å². The van der Waals surface area contributed by atoms with Crippen molar-refractivity contribution in [2.24, 2.45) is 11.5 Å². The molecule has 0 aromatic heterocycles. The Kier molecular flexibility index (Phi) is 10.6. The number of nitrogens with zero attached hydrogens (tertiary/aromatic N) is 1. The molecular weight excluding hydrogens is 336 g/mol. The number of nitrogens with one attached hydrogen (secondary N) is 3. The van der Waals surface area contributed by atoms with Crippen molar-refractivity contribution in [3.63, 3.8) is 0 Å². The number of aliphatic hydroxyl groups excluding tert-OH is 2. The summed E-state index contributed by atoms with van der Waals surface area (Å²) in [6.45, 7) is 1.19. The third-order valence-electron chi connectivity index (χ3n) is 3.28. The third kappa shape index (κ3) is 10.5. The zero-order chi connectivity index (χ0) is 19.6. The molecule has 10 N–H and O–H groups in total. The fourth-order valence-electron chi connectivity index (χ4n) is 1.80. The second-order valence-electron chi connectivity index (χ2n) is 5.71. The van der Waals surface area contributed by atoms with Crippen LogP contribution in [0.3, 0.4) is 0 Å². The van der Waals surface area contributed by atoms with Gasteiger partial charge in [0, 0.05) is 32.6 Å². The number of carboxylic acids is 1. The van der Waals surface area contributed by atoms with Crippen LogP contribution < -0.4 is 27.5 Å². The van der Waals surface area contributed by atoms with Crippen LogP contribution in [0.2, 0.25) is 0 Å². The van der Waals surface area contributed by atoms with E-state index in [9.17, 15) is 19.5 Å². The van der Waals surface area contributed by atoms with Gasteiger partial charge in [0.15, 0.2) is 6.04 Å². The number of carbonyl (C=O) groups excluding carboxylic acids is 2. The topological polar surface area (TPSA) is 203 Å². The molecule has 4 unspecified atom stereocenters. The van der Waals surface area contributed by atoms with Gasteiger partial charge in [-0.3, -0.25) is 10.2 Å². The van der Waals surface area contributed by atoms with E-state index < -0.39 is 48.7 Å². The van der Waals surface area contributed by atoms with Crippen molar-refractivity contribution in [1.82, 2.24) is 21.1 Å². The third-order valence-corrected chi connectivity index (χ3v) is 3.28. The highest BCUT2D eigenvalue weighted by molar-refractivity contribution is 5.83. The molecule has 0 fully saturated rings. The van der Waals surface area contributed by atoms with Gasteiger partial charge in [-0.1, -0.05) is 0 Å². The molecule has 0 spiro atoms. The summed E-state index contributed by atoms with van der Waals surface area (Å²) in [6.07, 6.45) is -0.892. The number of hydrazine groups is 1. The van der Waals surface area contributed by atoms with Crippen LogP contribution in [0.4, 0.5) is 4.79 Å². The maximum Gasteiger partial charge on any atom is 0.328 e. The number of primary amides is 1. The lowest BCUT2D eigenvalue weighted by Crippen LogP contribution is -2.55. The van der Waals surface area contributed by atoms with Crippen LogP contribution in [-0.4, -0.2) is 89.2 Å². The Labute approximate surface area is 145 Å². The Morgan fingerprint density at radius 3 is 2.28 bits per heavy atom. The lowest BCUT2D eigenvalue weighted by Gasteiger charge is -2.27. The fourth-order valence-corrected chi connectivity index (χ4v) is 1.80. The van der Waals surface area contributed by atoms with Gasteiger partial charge in [-0.25, -0.2) is 14.6 Å². The molecule has 146 valence electrons. The molecule has 3 amide bonds. The summed E-state index contributed by atoms with van der Waals surface area (Å²) < 4.78 is 0. The summed E-state index contributed by atoms with van der Waals surface area (Å²) >= 11 is 0. The molecule has 25 heavy (non-hydrogen) atoms. The smallest absolute Gasteiger partial charge is 0.328 e. The number of aliphatic carboxylic acids is 1. The summed E-state index contributed by atoms with van der Waals surface area (Å²) in [5.74, 6) is -2.05. The second-order valence-corrected chi connectivity index (χ2v) is 5.71. The standard InChI is InChI=1S/C13H28N6O6/c1-7(21)9(14)4-16-19(2)5-8(3-11(15)22)17-13(25)18-10(6-20)12(23)24/h7-10,16,20-21H,3-6,14H2,1-2H3,(H2,15,22)(H,23,24)(H2,17,18,25). The maximum absolute atomic E-state index is 11.8. The van der Waals surface area contributed by atoms with Gasteiger partial charge in [0.2, 0.25) is 5.91 Å². The molecule has 0 aromatic rings. The van der Waals surface area contributed by atoms with E-state index in [-0.39, 0.29) is 19.5 Å². The molecule has 0 aliphatic carbocycles. The Morgan fingerprint density at radius 2 is 1.84 bits per heavy atom. The summed E-state index contributed by atoms with van der Waals surface area (Å²) in [4.78, 5) is 33.7. The lowest BCUT2D eigenvalue weighted by molar-refractivity contribution is -0.140. The average molecular weight is 364 g/mol. The van der Waals surface area contributed by atoms with Gasteiger partial charge in [0.1, 0.15) is 0 Å². The number of rotatable bonds is 12. The highest BCUT2D eigenvalue weighted by Crippen LogP contribution is 1.95. The van der Waals surface area contributed by atoms with Gasteiger partial charge in [-0.2, -0.15) is 0 Å². The van der Waals surface area contributed by atoms with Gasteiger partial charge in [0.05, 0.1) is 18.8 Å². The molecule has 0 aliphatic heterocycles. The normalized spacial score (nSPS) is 15.9. The molecule has 0 aliphatic rings. The number of urea groups is 1. The first-order valence-corrected chi connectivity index (χ1v) is 7.64. The second kappa shape index (κ2) is 11.5. The summed E-state index contributed by atoms with van der Waals surface area (Å²) in [7, 11) is 1.64. The Balaban J connectivity index is 4.60. The average Bonchev–Trinajstić information content (AvgIpc) is 2.48. The van der Waals surface area contributed by atoms with E-state index in [1.54, 1.807) is 19.0 Å². The van der Waals surface area contributed by atoms with Crippen LogP contribution in [0.25, 0.3) is 0 Å². The van der Waals surface area contributed by atoms with E-state index in [0.29, 0.717) is 0 Å². The number of carbonyl (C=O) groups is 3. The van der Waals surface area contributed by atoms with Crippen LogP contribution in [0, 0.1) is 0 Å². The molecule has 12 heteroatoms. The van der Waals surface area contributed by atoms with Crippen molar-refractivity contribution in [3.8, 4) is 0 Å². The quantitative estimate of drug-likeness (QED) is 0.159. The first-order valence-electron chi connectivity index (χ1n) is 7.64. The van der Waals surface area contributed by atoms with E-state index in [1.807, 2.05) is 0 Å². The molecule has 12 nitrogen and oxygen atoms in total. The number of nitrogens with two attached hydrogens (primary N) is 2. The number of likely N-dealkylation sites (N-methyl/N-ethyl adjacent to an activating group) is 1. The molecule has 0 rings (SSSR count). The van der Waals surface area contributed by atoms with Crippen LogP contribution >= 0.6 is 0 Å². The highest BCUT2D eigenvalue weighted by Gasteiger charge is 2.22. The molecule has 0 saturated heterocycles. The molecular formula is C13H28N6O6. The summed E-state index contributed by atoms with van der Waals surface area (Å²) in [5, 5.41) is 33.0. The number of aliphatic hydroxyl groups is 2. The van der Waals surface area contributed by atoms with Crippen molar-refractivity contribution >= 4 is 17.9 Å². The minimum Gasteiger partial charge on any atom is -0.480 e. The van der Waals surface area contributed by atoms with E-state index >= 15 is 0 Å². The van der Waals surface area contributed by atoms with Crippen LogP contribution in [0.1, 0.15) is 13.3 Å².